The number of benzene rings is 3. The molecule has 5 rings (SSSR count). The lowest BCUT2D eigenvalue weighted by atomic mass is 9.91. The third-order valence-corrected chi connectivity index (χ3v) is 8.56. The normalized spacial score (nSPS) is 16.6. The van der Waals surface area contributed by atoms with Gasteiger partial charge in [-0.2, -0.15) is 13.2 Å². The van der Waals surface area contributed by atoms with Crippen molar-refractivity contribution in [1.82, 2.24) is 9.47 Å². The number of carbonyl (C=O) groups is 1. The van der Waals surface area contributed by atoms with Gasteiger partial charge >= 0.3 is 12.1 Å². The predicted molar refractivity (Wildman–Crippen MR) is 163 cm³/mol. The fraction of sp³-hybridized carbons (Fsp3) is 0.364. The molecule has 13 heteroatoms. The lowest BCUT2D eigenvalue weighted by Crippen LogP contribution is -2.53. The summed E-state index contributed by atoms with van der Waals surface area (Å²) < 4.78 is 51.8. The number of likely N-dealkylation sites (tertiary alicyclic amines) is 1. The first-order chi connectivity index (χ1) is 21.8. The summed E-state index contributed by atoms with van der Waals surface area (Å²) in [6.45, 7) is 1.42. The molecule has 0 aliphatic carbocycles. The van der Waals surface area contributed by atoms with Crippen LogP contribution in [0.1, 0.15) is 48.8 Å². The number of phenolic OH excluding ortho intramolecular Hbond substituents is 1. The largest absolute Gasteiger partial charge is 0.504 e. The number of halogens is 3. The maximum absolute atomic E-state index is 14.8. The summed E-state index contributed by atoms with van der Waals surface area (Å²) in [5, 5.41) is 42.9. The van der Waals surface area contributed by atoms with Crippen molar-refractivity contribution in [3.8, 4) is 11.5 Å². The minimum Gasteiger partial charge on any atom is -0.504 e. The van der Waals surface area contributed by atoms with E-state index in [0.29, 0.717) is 24.8 Å². The first kappa shape index (κ1) is 32.8. The van der Waals surface area contributed by atoms with Crippen molar-refractivity contribution in [2.45, 2.75) is 56.5 Å². The zero-order valence-electron chi connectivity index (χ0n) is 25.0. The molecule has 2 unspecified atom stereocenters. The number of non-ortho nitro benzene ring substituents is 1. The van der Waals surface area contributed by atoms with E-state index in [0.717, 1.165) is 11.6 Å². The fourth-order valence-electron chi connectivity index (χ4n) is 6.05. The van der Waals surface area contributed by atoms with Crippen LogP contribution >= 0.6 is 0 Å². The van der Waals surface area contributed by atoms with Gasteiger partial charge in [0.2, 0.25) is 5.60 Å². The van der Waals surface area contributed by atoms with Gasteiger partial charge in [0.25, 0.3) is 5.69 Å². The summed E-state index contributed by atoms with van der Waals surface area (Å²) in [5.41, 5.74) is -2.57. The first-order valence-corrected chi connectivity index (χ1v) is 14.9. The van der Waals surface area contributed by atoms with Gasteiger partial charge in [0.05, 0.1) is 16.4 Å². The van der Waals surface area contributed by atoms with Crippen molar-refractivity contribution in [2.24, 2.45) is 0 Å². The van der Waals surface area contributed by atoms with Gasteiger partial charge in [0.1, 0.15) is 6.10 Å². The lowest BCUT2D eigenvalue weighted by Gasteiger charge is -2.39. The summed E-state index contributed by atoms with van der Waals surface area (Å²) in [6, 6.07) is 16.9. The molecule has 2 heterocycles. The maximum atomic E-state index is 14.8. The highest BCUT2D eigenvalue weighted by Crippen LogP contribution is 2.44. The predicted octanol–water partition coefficient (Wildman–Crippen LogP) is 6.17. The molecule has 2 atom stereocenters. The summed E-state index contributed by atoms with van der Waals surface area (Å²) in [6.07, 6.45) is -3.32. The second-order valence-corrected chi connectivity index (χ2v) is 11.6. The van der Waals surface area contributed by atoms with E-state index in [-0.39, 0.29) is 47.7 Å². The molecular formula is C33H34F3N3O7. The molecule has 0 spiro atoms. The number of aliphatic carboxylic acids is 1. The summed E-state index contributed by atoms with van der Waals surface area (Å²) in [4.78, 5) is 23.8. The van der Waals surface area contributed by atoms with Crippen LogP contribution in [0.3, 0.4) is 0 Å². The number of carboxylic acids is 1. The zero-order chi connectivity index (χ0) is 33.2. The summed E-state index contributed by atoms with van der Waals surface area (Å²) >= 11 is 0. The minimum atomic E-state index is -5.08. The van der Waals surface area contributed by atoms with Crippen LogP contribution in [0, 0.1) is 10.1 Å². The van der Waals surface area contributed by atoms with Gasteiger partial charge in [-0.25, -0.2) is 0 Å². The molecule has 0 amide bonds. The molecule has 3 aromatic carbocycles. The van der Waals surface area contributed by atoms with E-state index in [2.05, 4.69) is 0 Å². The van der Waals surface area contributed by atoms with Gasteiger partial charge in [0.15, 0.2) is 11.5 Å². The number of nitro groups is 1. The molecule has 0 bridgehead atoms. The Bertz CT molecular complexity index is 1720. The van der Waals surface area contributed by atoms with Crippen LogP contribution in [0.2, 0.25) is 0 Å². The van der Waals surface area contributed by atoms with E-state index in [1.54, 1.807) is 43.3 Å². The van der Waals surface area contributed by atoms with Crippen LogP contribution in [0.25, 0.3) is 10.9 Å². The SMILES string of the molecule is CCC(C(=O)O)c1ccc(OC2CCN(CC(O)(c3cn(Cc4ccccc4)c4cc([N+](=O)[O-])ccc34)C(F)(F)F)CC2)c(O)c1. The molecule has 244 valence electrons. The molecule has 0 radical (unpaired) electrons. The van der Waals surface area contributed by atoms with Crippen LogP contribution in [0.15, 0.2) is 72.9 Å². The van der Waals surface area contributed by atoms with Gasteiger partial charge < -0.3 is 24.6 Å². The highest BCUT2D eigenvalue weighted by atomic mass is 19.4. The zero-order valence-corrected chi connectivity index (χ0v) is 25.0. The topological polar surface area (TPSA) is 138 Å². The highest BCUT2D eigenvalue weighted by Gasteiger charge is 2.57. The smallest absolute Gasteiger partial charge is 0.422 e. The Morgan fingerprint density at radius 3 is 2.37 bits per heavy atom. The van der Waals surface area contributed by atoms with E-state index in [1.807, 2.05) is 0 Å². The van der Waals surface area contributed by atoms with E-state index in [9.17, 15) is 43.4 Å². The van der Waals surface area contributed by atoms with Crippen molar-refractivity contribution >= 4 is 22.6 Å². The number of aromatic hydroxyl groups is 1. The second kappa shape index (κ2) is 13.0. The van der Waals surface area contributed by atoms with Gasteiger partial charge in [0, 0.05) is 55.5 Å². The van der Waals surface area contributed by atoms with E-state index < -0.39 is 46.8 Å². The number of hydrogen-bond donors (Lipinski definition) is 3. The molecule has 1 saturated heterocycles. The highest BCUT2D eigenvalue weighted by molar-refractivity contribution is 5.87. The van der Waals surface area contributed by atoms with Gasteiger partial charge in [-0.1, -0.05) is 43.3 Å². The van der Waals surface area contributed by atoms with Crippen LogP contribution in [-0.4, -0.2) is 67.6 Å². The number of β-amino-alcohol motifs (C(OH)–C–C–N with tert-alkyl or cyclic N) is 1. The average Bonchev–Trinajstić information content (AvgIpc) is 3.37. The molecule has 10 nitrogen and oxygen atoms in total. The Morgan fingerprint density at radius 2 is 1.78 bits per heavy atom. The number of ether oxygens (including phenoxy) is 1. The number of rotatable bonds is 11. The van der Waals surface area contributed by atoms with Crippen molar-refractivity contribution in [2.75, 3.05) is 19.6 Å². The first-order valence-electron chi connectivity index (χ1n) is 14.9. The summed E-state index contributed by atoms with van der Waals surface area (Å²) in [7, 11) is 0. The molecular weight excluding hydrogens is 607 g/mol. The number of carboxylic acid groups (broad SMARTS) is 1. The molecule has 1 aromatic heterocycles. The number of aromatic nitrogens is 1. The van der Waals surface area contributed by atoms with Crippen LogP contribution in [0.4, 0.5) is 18.9 Å². The number of nitro benzene ring substituents is 1. The number of alkyl halides is 3. The van der Waals surface area contributed by atoms with Crippen molar-refractivity contribution in [3.63, 3.8) is 0 Å². The van der Waals surface area contributed by atoms with Crippen LogP contribution in [-0.2, 0) is 16.9 Å². The lowest BCUT2D eigenvalue weighted by molar-refractivity contribution is -0.384. The Balaban J connectivity index is 1.36. The molecule has 3 N–H and O–H groups in total. The van der Waals surface area contributed by atoms with E-state index in [4.69, 9.17) is 4.74 Å². The van der Waals surface area contributed by atoms with Gasteiger partial charge in [-0.3, -0.25) is 19.8 Å². The Kier molecular flexibility index (Phi) is 9.27. The summed E-state index contributed by atoms with van der Waals surface area (Å²) in [5.74, 6) is -1.87. The van der Waals surface area contributed by atoms with Gasteiger partial charge in [-0.15, -0.1) is 0 Å². The molecule has 1 aliphatic rings. The van der Waals surface area contributed by atoms with E-state index in [1.165, 1.54) is 39.9 Å². The molecule has 1 fully saturated rings. The standard InChI is InChI=1S/C33H34F3N3O7/c1-2-25(31(41)42)22-8-11-30(29(40)16-22)46-24-12-14-37(15-13-24)20-32(43,33(34,35)36)27-19-38(18-21-6-4-3-5-7-21)28-17-23(39(44)45)9-10-26(27)28/h3-11,16-17,19,24-25,40,43H,2,12-15,18,20H2,1H3,(H,41,42). The number of hydrogen-bond acceptors (Lipinski definition) is 7. The van der Waals surface area contributed by atoms with Crippen molar-refractivity contribution in [1.29, 1.82) is 0 Å². The number of fused-ring (bicyclic) bond motifs is 1. The number of nitrogens with zero attached hydrogens (tertiary/aromatic N) is 3. The van der Waals surface area contributed by atoms with Gasteiger partial charge in [-0.05, 0) is 48.6 Å². The Morgan fingerprint density at radius 1 is 1.09 bits per heavy atom. The van der Waals surface area contributed by atoms with Crippen LogP contribution < -0.4 is 4.74 Å². The van der Waals surface area contributed by atoms with Crippen molar-refractivity contribution in [3.05, 3.63) is 99.7 Å². The fourth-order valence-corrected chi connectivity index (χ4v) is 6.05. The third kappa shape index (κ3) is 6.65. The second-order valence-electron chi connectivity index (χ2n) is 11.6. The van der Waals surface area contributed by atoms with E-state index >= 15 is 0 Å². The molecule has 4 aromatic rings. The Hall–Kier alpha value is -4.62. The average molecular weight is 642 g/mol. The monoisotopic (exact) mass is 641 g/mol. The minimum absolute atomic E-state index is 0.0618. The quantitative estimate of drug-likeness (QED) is 0.131. The number of piperidine rings is 1. The van der Waals surface area contributed by atoms with Crippen LogP contribution in [0.5, 0.6) is 11.5 Å². The third-order valence-electron chi connectivity index (χ3n) is 8.56. The molecule has 0 saturated carbocycles. The number of aliphatic hydroxyl groups is 1. The van der Waals surface area contributed by atoms with Crippen molar-refractivity contribution < 1.29 is 42.9 Å². The Labute approximate surface area is 262 Å². The molecule has 46 heavy (non-hydrogen) atoms. The number of phenols is 1. The maximum Gasteiger partial charge on any atom is 0.422 e. The molecule has 1 aliphatic heterocycles.